The van der Waals surface area contributed by atoms with E-state index in [2.05, 4.69) is 24.9 Å². The predicted octanol–water partition coefficient (Wildman–Crippen LogP) is 2.44. The molecule has 2 heterocycles. The van der Waals surface area contributed by atoms with Crippen molar-refractivity contribution in [1.82, 2.24) is 14.7 Å². The maximum Gasteiger partial charge on any atom is 0.240 e. The van der Waals surface area contributed by atoms with Crippen LogP contribution in [0.15, 0.2) is 29.2 Å². The quantitative estimate of drug-likeness (QED) is 0.681. The van der Waals surface area contributed by atoms with E-state index in [-0.39, 0.29) is 18.0 Å². The summed E-state index contributed by atoms with van der Waals surface area (Å²) in [5.41, 5.74) is 0.820. The smallest absolute Gasteiger partial charge is 0.240 e. The Kier molecular flexibility index (Phi) is 6.40. The fourth-order valence-electron chi connectivity index (χ4n) is 3.00. The van der Waals surface area contributed by atoms with E-state index in [0.29, 0.717) is 12.0 Å². The molecule has 0 unspecified atom stereocenters. The largest absolute Gasteiger partial charge is 0.356 e. The van der Waals surface area contributed by atoms with E-state index in [4.69, 9.17) is 0 Å². The first-order valence-corrected chi connectivity index (χ1v) is 10.6. The number of benzene rings is 1. The van der Waals surface area contributed by atoms with Crippen molar-refractivity contribution in [3.8, 4) is 0 Å². The highest BCUT2D eigenvalue weighted by Gasteiger charge is 2.16. The van der Waals surface area contributed by atoms with E-state index in [1.807, 2.05) is 13.0 Å². The lowest BCUT2D eigenvalue weighted by molar-refractivity contribution is 0.504. The maximum absolute atomic E-state index is 13.2. The molecule has 0 bridgehead atoms. The third-order valence-corrected chi connectivity index (χ3v) is 5.88. The summed E-state index contributed by atoms with van der Waals surface area (Å²) in [6, 6.07) is 4.38. The van der Waals surface area contributed by atoms with E-state index in [0.717, 1.165) is 49.6 Å². The summed E-state index contributed by atoms with van der Waals surface area (Å²) in [5, 5.41) is 3.00. The standard InChI is InChI=1S/C18H23F2N5O2S/c1-13-11-17(25-9-3-2-4-10-25)24-18(23-13)21-7-8-22-28(26,27)14-5-6-15(19)16(20)12-14/h5-6,11-12,22H,2-4,7-10H2,1H3,(H,21,23,24). The number of sulfonamides is 1. The Morgan fingerprint density at radius 2 is 1.79 bits per heavy atom. The Hall–Kier alpha value is -2.33. The molecule has 0 radical (unpaired) electrons. The second kappa shape index (κ2) is 8.78. The van der Waals surface area contributed by atoms with Crippen LogP contribution in [0, 0.1) is 18.6 Å². The van der Waals surface area contributed by atoms with Crippen LogP contribution in [0.25, 0.3) is 0 Å². The minimum Gasteiger partial charge on any atom is -0.356 e. The molecular formula is C18H23F2N5O2S. The van der Waals surface area contributed by atoms with Gasteiger partial charge >= 0.3 is 0 Å². The van der Waals surface area contributed by atoms with Gasteiger partial charge in [0.1, 0.15) is 5.82 Å². The predicted molar refractivity (Wildman–Crippen MR) is 103 cm³/mol. The number of nitrogens with zero attached hydrogens (tertiary/aromatic N) is 3. The Morgan fingerprint density at radius 1 is 1.04 bits per heavy atom. The monoisotopic (exact) mass is 411 g/mol. The van der Waals surface area contributed by atoms with E-state index >= 15 is 0 Å². The average molecular weight is 411 g/mol. The van der Waals surface area contributed by atoms with Gasteiger partial charge < -0.3 is 10.2 Å². The molecule has 10 heteroatoms. The molecule has 0 saturated carbocycles. The van der Waals surface area contributed by atoms with Gasteiger partial charge in [-0.15, -0.1) is 0 Å². The number of halogens is 2. The third kappa shape index (κ3) is 5.14. The van der Waals surface area contributed by atoms with Gasteiger partial charge in [0.15, 0.2) is 11.6 Å². The van der Waals surface area contributed by atoms with Gasteiger partial charge in [-0.1, -0.05) is 0 Å². The van der Waals surface area contributed by atoms with E-state index < -0.39 is 21.7 Å². The zero-order valence-electron chi connectivity index (χ0n) is 15.6. The highest BCUT2D eigenvalue weighted by molar-refractivity contribution is 7.89. The van der Waals surface area contributed by atoms with E-state index in [1.165, 1.54) is 6.42 Å². The molecule has 1 fully saturated rings. The first-order valence-electron chi connectivity index (χ1n) is 9.14. The maximum atomic E-state index is 13.2. The van der Waals surface area contributed by atoms with E-state index in [1.54, 1.807) is 0 Å². The zero-order chi connectivity index (χ0) is 20.1. The van der Waals surface area contributed by atoms with Crippen LogP contribution in [0.5, 0.6) is 0 Å². The lowest BCUT2D eigenvalue weighted by Gasteiger charge is -2.28. The highest BCUT2D eigenvalue weighted by atomic mass is 32.2. The zero-order valence-corrected chi connectivity index (χ0v) is 16.4. The number of aryl methyl sites for hydroxylation is 1. The van der Waals surface area contributed by atoms with E-state index in [9.17, 15) is 17.2 Å². The van der Waals surface area contributed by atoms with Gasteiger partial charge in [-0.25, -0.2) is 26.9 Å². The van der Waals surface area contributed by atoms with Gasteiger partial charge in [-0.2, -0.15) is 4.98 Å². The van der Waals surface area contributed by atoms with Crippen molar-refractivity contribution >= 4 is 21.8 Å². The van der Waals surface area contributed by atoms with Gasteiger partial charge in [-0.05, 0) is 44.4 Å². The molecular weight excluding hydrogens is 388 g/mol. The molecule has 28 heavy (non-hydrogen) atoms. The van der Waals surface area contributed by atoms with Crippen molar-refractivity contribution in [2.45, 2.75) is 31.1 Å². The van der Waals surface area contributed by atoms with Gasteiger partial charge in [-0.3, -0.25) is 0 Å². The van der Waals surface area contributed by atoms with Crippen molar-refractivity contribution in [2.75, 3.05) is 36.4 Å². The average Bonchev–Trinajstić information content (AvgIpc) is 2.67. The van der Waals surface area contributed by atoms with Crippen LogP contribution in [0.2, 0.25) is 0 Å². The summed E-state index contributed by atoms with van der Waals surface area (Å²) in [5.74, 6) is -1.02. The Morgan fingerprint density at radius 3 is 2.50 bits per heavy atom. The molecule has 2 aromatic rings. The van der Waals surface area contributed by atoms with Gasteiger partial charge in [0, 0.05) is 37.9 Å². The molecule has 7 nitrogen and oxygen atoms in total. The lowest BCUT2D eigenvalue weighted by Crippen LogP contribution is -2.31. The molecule has 0 spiro atoms. The minimum atomic E-state index is -3.93. The van der Waals surface area contributed by atoms with Crippen LogP contribution < -0.4 is 14.9 Å². The Labute approximate surface area is 163 Å². The van der Waals surface area contributed by atoms with Crippen molar-refractivity contribution in [2.24, 2.45) is 0 Å². The molecule has 1 aliphatic rings. The number of nitrogens with one attached hydrogen (secondary N) is 2. The molecule has 0 amide bonds. The van der Waals surface area contributed by atoms with Crippen LogP contribution in [0.1, 0.15) is 25.0 Å². The summed E-state index contributed by atoms with van der Waals surface area (Å²) in [6.07, 6.45) is 3.50. The number of rotatable bonds is 7. The summed E-state index contributed by atoms with van der Waals surface area (Å²) < 4.78 is 52.9. The Bertz CT molecular complexity index is 934. The molecule has 0 atom stereocenters. The number of anilines is 2. The minimum absolute atomic E-state index is 0.0394. The fourth-order valence-corrected chi connectivity index (χ4v) is 4.05. The summed E-state index contributed by atoms with van der Waals surface area (Å²) in [4.78, 5) is 10.7. The van der Waals surface area contributed by atoms with Crippen LogP contribution in [0.3, 0.4) is 0 Å². The van der Waals surface area contributed by atoms with Crippen molar-refractivity contribution in [3.63, 3.8) is 0 Å². The van der Waals surface area contributed by atoms with Crippen LogP contribution in [-0.4, -0.2) is 44.6 Å². The van der Waals surface area contributed by atoms with Crippen LogP contribution in [-0.2, 0) is 10.0 Å². The number of hydrogen-bond donors (Lipinski definition) is 2. The first-order chi connectivity index (χ1) is 13.3. The lowest BCUT2D eigenvalue weighted by atomic mass is 10.1. The van der Waals surface area contributed by atoms with Gasteiger partial charge in [0.05, 0.1) is 4.90 Å². The molecule has 1 aromatic heterocycles. The third-order valence-electron chi connectivity index (χ3n) is 4.42. The second-order valence-corrected chi connectivity index (χ2v) is 8.41. The second-order valence-electron chi connectivity index (χ2n) is 6.64. The number of aromatic nitrogens is 2. The summed E-state index contributed by atoms with van der Waals surface area (Å²) in [6.45, 7) is 4.09. The topological polar surface area (TPSA) is 87.2 Å². The molecule has 0 aliphatic carbocycles. The van der Waals surface area contributed by atoms with Crippen LogP contribution in [0.4, 0.5) is 20.5 Å². The SMILES string of the molecule is Cc1cc(N2CCCCC2)nc(NCCNS(=O)(=O)c2ccc(F)c(F)c2)n1. The Balaban J connectivity index is 1.57. The van der Waals surface area contributed by atoms with Crippen LogP contribution >= 0.6 is 0 Å². The molecule has 1 aliphatic heterocycles. The first kappa shape index (κ1) is 20.4. The highest BCUT2D eigenvalue weighted by Crippen LogP contribution is 2.19. The van der Waals surface area contributed by atoms with Crippen molar-refractivity contribution in [3.05, 3.63) is 41.6 Å². The molecule has 3 rings (SSSR count). The molecule has 2 N–H and O–H groups in total. The number of hydrogen-bond acceptors (Lipinski definition) is 6. The number of piperidine rings is 1. The molecule has 152 valence electrons. The van der Waals surface area contributed by atoms with Gasteiger partial charge in [0.2, 0.25) is 16.0 Å². The summed E-state index contributed by atoms with van der Waals surface area (Å²) >= 11 is 0. The molecule has 1 saturated heterocycles. The van der Waals surface area contributed by atoms with Gasteiger partial charge in [0.25, 0.3) is 0 Å². The molecule has 1 aromatic carbocycles. The van der Waals surface area contributed by atoms with Crippen molar-refractivity contribution in [1.29, 1.82) is 0 Å². The fraction of sp³-hybridized carbons (Fsp3) is 0.444. The van der Waals surface area contributed by atoms with Crippen molar-refractivity contribution < 1.29 is 17.2 Å². The summed E-state index contributed by atoms with van der Waals surface area (Å²) in [7, 11) is -3.93. The normalized spacial score (nSPS) is 14.9.